The van der Waals surface area contributed by atoms with E-state index in [1.54, 1.807) is 6.07 Å². The van der Waals surface area contributed by atoms with E-state index in [9.17, 15) is 4.79 Å². The van der Waals surface area contributed by atoms with Gasteiger partial charge in [-0.1, -0.05) is 0 Å². The van der Waals surface area contributed by atoms with Gasteiger partial charge in [0.15, 0.2) is 5.76 Å². The summed E-state index contributed by atoms with van der Waals surface area (Å²) in [5.74, 6) is 1.25. The molecule has 1 aromatic heterocycles. The van der Waals surface area contributed by atoms with Gasteiger partial charge in [-0.3, -0.25) is 4.79 Å². The molecule has 4 nitrogen and oxygen atoms in total. The molecule has 1 amide bonds. The lowest BCUT2D eigenvalue weighted by molar-refractivity contribution is 0.0631. The van der Waals surface area contributed by atoms with Crippen molar-refractivity contribution >= 4 is 5.91 Å². The van der Waals surface area contributed by atoms with Crippen LogP contribution in [-0.4, -0.2) is 48.9 Å². The summed E-state index contributed by atoms with van der Waals surface area (Å²) >= 11 is 0. The molecule has 0 aliphatic carbocycles. The van der Waals surface area contributed by atoms with Crippen molar-refractivity contribution in [3.63, 3.8) is 0 Å². The Hall–Kier alpha value is -1.29. The number of hydrogen-bond acceptors (Lipinski definition) is 3. The Kier molecular flexibility index (Phi) is 2.77. The van der Waals surface area contributed by atoms with Crippen molar-refractivity contribution in [3.8, 4) is 0 Å². The number of rotatable bonds is 1. The first-order valence-corrected chi connectivity index (χ1v) is 5.21. The van der Waals surface area contributed by atoms with Crippen LogP contribution >= 0.6 is 0 Å². The van der Waals surface area contributed by atoms with E-state index in [-0.39, 0.29) is 5.91 Å². The smallest absolute Gasteiger partial charge is 0.289 e. The van der Waals surface area contributed by atoms with E-state index in [1.165, 1.54) is 0 Å². The van der Waals surface area contributed by atoms with E-state index in [1.807, 2.05) is 17.9 Å². The maximum absolute atomic E-state index is 11.9. The molecule has 0 aromatic carbocycles. The molecule has 0 bridgehead atoms. The highest BCUT2D eigenvalue weighted by Crippen LogP contribution is 2.11. The standard InChI is InChI=1S/C11H16N2O2/c1-9-3-4-10(15-9)11(14)13-7-5-12(2)6-8-13/h3-4H,5-8H2,1-2H3. The fraction of sp³-hybridized carbons (Fsp3) is 0.545. The van der Waals surface area contributed by atoms with Gasteiger partial charge in [-0.15, -0.1) is 0 Å². The summed E-state index contributed by atoms with van der Waals surface area (Å²) in [5.41, 5.74) is 0. The Balaban J connectivity index is 2.02. The molecule has 1 aliphatic rings. The highest BCUT2D eigenvalue weighted by Gasteiger charge is 2.22. The van der Waals surface area contributed by atoms with Crippen LogP contribution in [0, 0.1) is 6.92 Å². The molecule has 1 fully saturated rings. The Morgan fingerprint density at radius 1 is 1.27 bits per heavy atom. The molecule has 1 aromatic rings. The van der Waals surface area contributed by atoms with Gasteiger partial charge in [0.25, 0.3) is 5.91 Å². The van der Waals surface area contributed by atoms with Crippen LogP contribution in [0.1, 0.15) is 16.3 Å². The molecule has 2 rings (SSSR count). The van der Waals surface area contributed by atoms with E-state index in [0.29, 0.717) is 5.76 Å². The third-order valence-electron chi connectivity index (χ3n) is 2.74. The molecule has 0 radical (unpaired) electrons. The average molecular weight is 208 g/mol. The number of carbonyl (C=O) groups excluding carboxylic acids is 1. The van der Waals surface area contributed by atoms with E-state index < -0.39 is 0 Å². The van der Waals surface area contributed by atoms with Gasteiger partial charge in [-0.05, 0) is 26.1 Å². The lowest BCUT2D eigenvalue weighted by atomic mass is 10.3. The first kappa shape index (κ1) is 10.2. The largest absolute Gasteiger partial charge is 0.456 e. The normalized spacial score (nSPS) is 18.1. The monoisotopic (exact) mass is 208 g/mol. The summed E-state index contributed by atoms with van der Waals surface area (Å²) in [5, 5.41) is 0. The van der Waals surface area contributed by atoms with E-state index in [2.05, 4.69) is 11.9 Å². The van der Waals surface area contributed by atoms with Gasteiger partial charge in [0.05, 0.1) is 0 Å². The Morgan fingerprint density at radius 3 is 2.47 bits per heavy atom. The summed E-state index contributed by atoms with van der Waals surface area (Å²) < 4.78 is 5.32. The summed E-state index contributed by atoms with van der Waals surface area (Å²) in [6.45, 7) is 5.29. The average Bonchev–Trinajstić information content (AvgIpc) is 2.65. The molecule has 4 heteroatoms. The number of aryl methyl sites for hydroxylation is 1. The molecule has 15 heavy (non-hydrogen) atoms. The summed E-state index contributed by atoms with van der Waals surface area (Å²) in [7, 11) is 2.07. The van der Waals surface area contributed by atoms with Crippen molar-refractivity contribution in [1.29, 1.82) is 0 Å². The number of furan rings is 1. The lowest BCUT2D eigenvalue weighted by Gasteiger charge is -2.31. The van der Waals surface area contributed by atoms with Gasteiger partial charge in [0, 0.05) is 26.2 Å². The summed E-state index contributed by atoms with van der Waals surface area (Å²) in [6.07, 6.45) is 0. The molecule has 0 N–H and O–H groups in total. The Morgan fingerprint density at radius 2 is 1.93 bits per heavy atom. The van der Waals surface area contributed by atoms with Crippen molar-refractivity contribution in [3.05, 3.63) is 23.7 Å². The minimum atomic E-state index is 0.0104. The van der Waals surface area contributed by atoms with Crippen LogP contribution in [0.4, 0.5) is 0 Å². The van der Waals surface area contributed by atoms with Crippen LogP contribution in [0.15, 0.2) is 16.5 Å². The van der Waals surface area contributed by atoms with Gasteiger partial charge in [0.1, 0.15) is 5.76 Å². The number of amides is 1. The highest BCUT2D eigenvalue weighted by atomic mass is 16.3. The predicted molar refractivity (Wildman–Crippen MR) is 56.8 cm³/mol. The predicted octanol–water partition coefficient (Wildman–Crippen LogP) is 0.976. The molecule has 0 atom stereocenters. The van der Waals surface area contributed by atoms with E-state index in [4.69, 9.17) is 4.42 Å². The maximum Gasteiger partial charge on any atom is 0.289 e. The van der Waals surface area contributed by atoms with Gasteiger partial charge in [-0.2, -0.15) is 0 Å². The number of hydrogen-bond donors (Lipinski definition) is 0. The molecule has 2 heterocycles. The second-order valence-corrected chi connectivity index (χ2v) is 4.01. The van der Waals surface area contributed by atoms with Crippen molar-refractivity contribution in [2.24, 2.45) is 0 Å². The second-order valence-electron chi connectivity index (χ2n) is 4.01. The molecule has 1 aliphatic heterocycles. The molecule has 1 saturated heterocycles. The van der Waals surface area contributed by atoms with Gasteiger partial charge >= 0.3 is 0 Å². The van der Waals surface area contributed by atoms with Gasteiger partial charge in [0.2, 0.25) is 0 Å². The fourth-order valence-corrected chi connectivity index (χ4v) is 1.71. The van der Waals surface area contributed by atoms with E-state index in [0.717, 1.165) is 31.9 Å². The highest BCUT2D eigenvalue weighted by molar-refractivity contribution is 5.91. The van der Waals surface area contributed by atoms with Crippen LogP contribution in [-0.2, 0) is 0 Å². The van der Waals surface area contributed by atoms with E-state index >= 15 is 0 Å². The minimum Gasteiger partial charge on any atom is -0.456 e. The van der Waals surface area contributed by atoms with Gasteiger partial charge in [-0.25, -0.2) is 0 Å². The SMILES string of the molecule is Cc1ccc(C(=O)N2CCN(C)CC2)o1. The van der Waals surface area contributed by atoms with Crippen LogP contribution in [0.25, 0.3) is 0 Å². The summed E-state index contributed by atoms with van der Waals surface area (Å²) in [6, 6.07) is 3.57. The molecule has 0 unspecified atom stereocenters. The zero-order valence-electron chi connectivity index (χ0n) is 9.19. The van der Waals surface area contributed by atoms with Crippen LogP contribution in [0.2, 0.25) is 0 Å². The molecule has 0 saturated carbocycles. The fourth-order valence-electron chi connectivity index (χ4n) is 1.71. The Bertz CT molecular complexity index is 351. The van der Waals surface area contributed by atoms with Crippen LogP contribution < -0.4 is 0 Å². The molecular formula is C11H16N2O2. The molecular weight excluding hydrogens is 192 g/mol. The topological polar surface area (TPSA) is 36.7 Å². The maximum atomic E-state index is 11.9. The third kappa shape index (κ3) is 2.21. The first-order chi connectivity index (χ1) is 7.16. The molecule has 0 spiro atoms. The second kappa shape index (κ2) is 4.06. The van der Waals surface area contributed by atoms with Crippen LogP contribution in [0.3, 0.4) is 0 Å². The zero-order valence-corrected chi connectivity index (χ0v) is 9.19. The Labute approximate surface area is 89.5 Å². The number of carbonyl (C=O) groups is 1. The first-order valence-electron chi connectivity index (χ1n) is 5.21. The van der Waals surface area contributed by atoms with Crippen molar-refractivity contribution < 1.29 is 9.21 Å². The zero-order chi connectivity index (χ0) is 10.8. The number of likely N-dealkylation sites (N-methyl/N-ethyl adjacent to an activating group) is 1. The number of nitrogens with zero attached hydrogens (tertiary/aromatic N) is 2. The van der Waals surface area contributed by atoms with Crippen molar-refractivity contribution in [2.75, 3.05) is 33.2 Å². The quantitative estimate of drug-likeness (QED) is 0.690. The van der Waals surface area contributed by atoms with Gasteiger partial charge < -0.3 is 14.2 Å². The van der Waals surface area contributed by atoms with Crippen molar-refractivity contribution in [1.82, 2.24) is 9.80 Å². The third-order valence-corrected chi connectivity index (χ3v) is 2.74. The molecule has 82 valence electrons. The summed E-state index contributed by atoms with van der Waals surface area (Å²) in [4.78, 5) is 16.0. The van der Waals surface area contributed by atoms with Crippen LogP contribution in [0.5, 0.6) is 0 Å². The lowest BCUT2D eigenvalue weighted by Crippen LogP contribution is -2.47. The number of piperazine rings is 1. The van der Waals surface area contributed by atoms with Crippen molar-refractivity contribution in [2.45, 2.75) is 6.92 Å². The minimum absolute atomic E-state index is 0.0104.